The molecule has 1 saturated carbocycles. The number of aryl methyl sites for hydroxylation is 2. The summed E-state index contributed by atoms with van der Waals surface area (Å²) in [5, 5.41) is 21.0. The van der Waals surface area contributed by atoms with Gasteiger partial charge in [0.1, 0.15) is 0 Å². The number of hydrogen-bond acceptors (Lipinski definition) is 3. The molecule has 0 heterocycles. The van der Waals surface area contributed by atoms with Gasteiger partial charge in [0, 0.05) is 12.5 Å². The molecule has 0 saturated heterocycles. The number of hydrogen-bond donors (Lipinski definition) is 3. The highest BCUT2D eigenvalue weighted by molar-refractivity contribution is 5.26. The largest absolute Gasteiger partial charge is 0.392 e. The third kappa shape index (κ3) is 5.74. The van der Waals surface area contributed by atoms with E-state index in [1.165, 1.54) is 22.3 Å². The van der Waals surface area contributed by atoms with Crippen molar-refractivity contribution in [3.8, 4) is 0 Å². The highest BCUT2D eigenvalue weighted by Crippen LogP contribution is 2.48. The fourth-order valence-corrected chi connectivity index (χ4v) is 5.25. The third-order valence-corrected chi connectivity index (χ3v) is 7.07. The first-order valence-corrected chi connectivity index (χ1v) is 11.7. The van der Waals surface area contributed by atoms with Crippen molar-refractivity contribution in [2.24, 2.45) is 23.5 Å². The minimum atomic E-state index is -0.461. The van der Waals surface area contributed by atoms with Crippen molar-refractivity contribution in [3.63, 3.8) is 0 Å². The molecule has 0 bridgehead atoms. The number of benzene rings is 2. The maximum absolute atomic E-state index is 10.6. The average Bonchev–Trinajstić information content (AvgIpc) is 3.32. The standard InChI is InChI=1S/C28H35NO2/c29-19-22-9-6-21(7-10-22)8-11-23-16-24-18-28(31)26(27(24)17-23)15-14-25(30)13-12-20-4-2-1-3-5-20/h1-7,9-10,14-16,24-28,30-31H,8,11-13,17-19,29H2/t24?,25-,26+,27-,28+/m0/s1. The van der Waals surface area contributed by atoms with Crippen LogP contribution in [0.15, 0.2) is 78.4 Å². The fraction of sp³-hybridized carbons (Fsp3) is 0.429. The summed E-state index contributed by atoms with van der Waals surface area (Å²) in [6.45, 7) is 0.590. The van der Waals surface area contributed by atoms with Crippen molar-refractivity contribution in [2.75, 3.05) is 0 Å². The SMILES string of the molecule is NCc1ccc(CCC2=CC3C[C@@H](O)[C@H](C=C[C@@H](O)CCc4ccccc4)[C@H]3C2)cc1. The second-order valence-electron chi connectivity index (χ2n) is 9.23. The molecule has 0 aliphatic heterocycles. The van der Waals surface area contributed by atoms with Gasteiger partial charge in [0.15, 0.2) is 0 Å². The monoisotopic (exact) mass is 417 g/mol. The predicted molar refractivity (Wildman–Crippen MR) is 126 cm³/mol. The minimum absolute atomic E-state index is 0.147. The van der Waals surface area contributed by atoms with Crippen molar-refractivity contribution in [2.45, 2.75) is 57.3 Å². The summed E-state index contributed by atoms with van der Waals surface area (Å²) in [7, 11) is 0. The van der Waals surface area contributed by atoms with Crippen LogP contribution in [0.4, 0.5) is 0 Å². The zero-order valence-electron chi connectivity index (χ0n) is 18.2. The summed E-state index contributed by atoms with van der Waals surface area (Å²) < 4.78 is 0. The van der Waals surface area contributed by atoms with E-state index in [2.05, 4.69) is 48.6 Å². The van der Waals surface area contributed by atoms with Gasteiger partial charge in [0.2, 0.25) is 0 Å². The molecule has 2 aromatic carbocycles. The molecule has 4 rings (SSSR count). The Labute approximate surface area is 186 Å². The molecule has 2 aliphatic rings. The summed E-state index contributed by atoms with van der Waals surface area (Å²) in [6.07, 6.45) is 11.3. The van der Waals surface area contributed by atoms with Crippen molar-refractivity contribution >= 4 is 0 Å². The Balaban J connectivity index is 1.27. The lowest BCUT2D eigenvalue weighted by atomic mass is 9.88. The van der Waals surface area contributed by atoms with Crippen molar-refractivity contribution in [1.82, 2.24) is 0 Å². The molecular weight excluding hydrogens is 382 g/mol. The van der Waals surface area contributed by atoms with E-state index in [-0.39, 0.29) is 12.0 Å². The Morgan fingerprint density at radius 2 is 1.65 bits per heavy atom. The van der Waals surface area contributed by atoms with Gasteiger partial charge in [0.25, 0.3) is 0 Å². The normalized spacial score (nSPS) is 26.2. The van der Waals surface area contributed by atoms with Crippen LogP contribution in [0.5, 0.6) is 0 Å². The van der Waals surface area contributed by atoms with E-state index >= 15 is 0 Å². The zero-order valence-corrected chi connectivity index (χ0v) is 18.2. The van der Waals surface area contributed by atoms with Crippen LogP contribution < -0.4 is 5.73 Å². The van der Waals surface area contributed by atoms with E-state index in [1.807, 2.05) is 24.3 Å². The lowest BCUT2D eigenvalue weighted by molar-refractivity contribution is 0.139. The fourth-order valence-electron chi connectivity index (χ4n) is 5.25. The third-order valence-electron chi connectivity index (χ3n) is 7.07. The van der Waals surface area contributed by atoms with Gasteiger partial charge in [-0.25, -0.2) is 0 Å². The molecule has 31 heavy (non-hydrogen) atoms. The molecule has 3 heteroatoms. The molecular formula is C28H35NO2. The smallest absolute Gasteiger partial charge is 0.0724 e. The van der Waals surface area contributed by atoms with Crippen LogP contribution >= 0.6 is 0 Å². The Morgan fingerprint density at radius 3 is 2.39 bits per heavy atom. The molecule has 0 spiro atoms. The van der Waals surface area contributed by atoms with Crippen molar-refractivity contribution < 1.29 is 10.2 Å². The summed E-state index contributed by atoms with van der Waals surface area (Å²) in [5.41, 5.74) is 11.0. The number of rotatable bonds is 9. The summed E-state index contributed by atoms with van der Waals surface area (Å²) in [4.78, 5) is 0. The van der Waals surface area contributed by atoms with Gasteiger partial charge in [-0.2, -0.15) is 0 Å². The van der Waals surface area contributed by atoms with E-state index in [4.69, 9.17) is 5.73 Å². The quantitative estimate of drug-likeness (QED) is 0.524. The van der Waals surface area contributed by atoms with E-state index in [9.17, 15) is 10.2 Å². The van der Waals surface area contributed by atoms with E-state index < -0.39 is 6.10 Å². The number of allylic oxidation sites excluding steroid dienone is 2. The first-order valence-electron chi connectivity index (χ1n) is 11.7. The highest BCUT2D eigenvalue weighted by Gasteiger charge is 2.43. The molecule has 164 valence electrons. The summed E-state index contributed by atoms with van der Waals surface area (Å²) in [5.74, 6) is 1.09. The maximum Gasteiger partial charge on any atom is 0.0724 e. The molecule has 0 amide bonds. The van der Waals surface area contributed by atoms with Gasteiger partial charge < -0.3 is 15.9 Å². The molecule has 0 radical (unpaired) electrons. The van der Waals surface area contributed by atoms with Gasteiger partial charge in [-0.05, 0) is 67.1 Å². The molecule has 1 fully saturated rings. The molecule has 3 nitrogen and oxygen atoms in total. The van der Waals surface area contributed by atoms with E-state index in [0.29, 0.717) is 24.8 Å². The lowest BCUT2D eigenvalue weighted by Crippen LogP contribution is -2.18. The molecule has 2 aromatic rings. The minimum Gasteiger partial charge on any atom is -0.392 e. The Morgan fingerprint density at radius 1 is 0.935 bits per heavy atom. The Kier molecular flexibility index (Phi) is 7.39. The first kappa shape index (κ1) is 22.0. The molecule has 5 atom stereocenters. The number of fused-ring (bicyclic) bond motifs is 1. The van der Waals surface area contributed by atoms with Crippen LogP contribution in [0.1, 0.15) is 42.4 Å². The molecule has 1 unspecified atom stereocenters. The molecule has 4 N–H and O–H groups in total. The van der Waals surface area contributed by atoms with Crippen LogP contribution in [0, 0.1) is 17.8 Å². The van der Waals surface area contributed by atoms with Crippen molar-refractivity contribution in [1.29, 1.82) is 0 Å². The maximum atomic E-state index is 10.6. The highest BCUT2D eigenvalue weighted by atomic mass is 16.3. The Hall–Kier alpha value is -2.20. The van der Waals surface area contributed by atoms with Crippen LogP contribution in [0.2, 0.25) is 0 Å². The molecule has 2 aliphatic carbocycles. The predicted octanol–water partition coefficient (Wildman–Crippen LogP) is 4.57. The summed E-state index contributed by atoms with van der Waals surface area (Å²) in [6, 6.07) is 18.9. The van der Waals surface area contributed by atoms with E-state index in [0.717, 1.165) is 32.1 Å². The first-order chi connectivity index (χ1) is 15.1. The number of aliphatic hydroxyl groups excluding tert-OH is 2. The number of aliphatic hydroxyl groups is 2. The van der Waals surface area contributed by atoms with Gasteiger partial charge in [-0.3, -0.25) is 0 Å². The van der Waals surface area contributed by atoms with Crippen molar-refractivity contribution in [3.05, 3.63) is 95.1 Å². The van der Waals surface area contributed by atoms with Crippen LogP contribution in [0.3, 0.4) is 0 Å². The van der Waals surface area contributed by atoms with E-state index in [1.54, 1.807) is 0 Å². The second kappa shape index (κ2) is 10.4. The van der Waals surface area contributed by atoms with Crippen LogP contribution in [-0.4, -0.2) is 22.4 Å². The average molecular weight is 418 g/mol. The van der Waals surface area contributed by atoms with Gasteiger partial charge >= 0.3 is 0 Å². The lowest BCUT2D eigenvalue weighted by Gasteiger charge is -2.19. The van der Waals surface area contributed by atoms with Gasteiger partial charge in [-0.15, -0.1) is 0 Å². The Bertz CT molecular complexity index is 887. The topological polar surface area (TPSA) is 66.5 Å². The summed E-state index contributed by atoms with van der Waals surface area (Å²) >= 11 is 0. The van der Waals surface area contributed by atoms with Crippen LogP contribution in [-0.2, 0) is 19.4 Å². The van der Waals surface area contributed by atoms with Gasteiger partial charge in [-0.1, -0.05) is 78.4 Å². The molecule has 0 aromatic heterocycles. The second-order valence-corrected chi connectivity index (χ2v) is 9.23. The number of nitrogens with two attached hydrogens (primary N) is 1. The van der Waals surface area contributed by atoms with Crippen LogP contribution in [0.25, 0.3) is 0 Å². The zero-order chi connectivity index (χ0) is 21.6. The van der Waals surface area contributed by atoms with Gasteiger partial charge in [0.05, 0.1) is 12.2 Å².